The van der Waals surface area contributed by atoms with Crippen molar-refractivity contribution in [3.8, 4) is 11.5 Å². The fourth-order valence-corrected chi connectivity index (χ4v) is 6.59. The first kappa shape index (κ1) is 35.9. The van der Waals surface area contributed by atoms with Crippen LogP contribution in [0, 0.1) is 0 Å². The normalized spacial score (nSPS) is 12.9. The van der Waals surface area contributed by atoms with Crippen molar-refractivity contribution in [2.24, 2.45) is 0 Å². The van der Waals surface area contributed by atoms with Gasteiger partial charge < -0.3 is 26.0 Å². The number of hydrogen-bond donors (Lipinski definition) is 4. The Balaban J connectivity index is 0.958. The van der Waals surface area contributed by atoms with Gasteiger partial charge in [0, 0.05) is 48.0 Å². The first-order valence-corrected chi connectivity index (χ1v) is 17.7. The molecule has 8 rings (SSSR count). The third-order valence-corrected chi connectivity index (χ3v) is 9.60. The molecular formula is C44H32N6O7. The van der Waals surface area contributed by atoms with E-state index in [0.29, 0.717) is 28.2 Å². The quantitative estimate of drug-likeness (QED) is 0.103. The lowest BCUT2D eigenvalue weighted by molar-refractivity contribution is 0.0909. The van der Waals surface area contributed by atoms with Gasteiger partial charge in [0.05, 0.1) is 33.6 Å². The third-order valence-electron chi connectivity index (χ3n) is 9.60. The van der Waals surface area contributed by atoms with Gasteiger partial charge in [0.25, 0.3) is 35.4 Å². The number of nitrogens with zero attached hydrogens (tertiary/aromatic N) is 2. The summed E-state index contributed by atoms with van der Waals surface area (Å²) in [6, 6.07) is 35.6. The van der Waals surface area contributed by atoms with Crippen LogP contribution in [0.4, 0.5) is 34.1 Å². The molecule has 13 heteroatoms. The average molecular weight is 757 g/mol. The molecule has 2 aliphatic heterocycles. The Labute approximate surface area is 325 Å². The molecule has 6 amide bonds. The minimum Gasteiger partial charge on any atom is -0.456 e. The van der Waals surface area contributed by atoms with Gasteiger partial charge >= 0.3 is 0 Å². The highest BCUT2D eigenvalue weighted by Crippen LogP contribution is 2.38. The van der Waals surface area contributed by atoms with Gasteiger partial charge in [-0.2, -0.15) is 0 Å². The molecule has 0 aromatic heterocycles. The smallest absolute Gasteiger partial charge is 0.269 e. The maximum absolute atomic E-state index is 13.8. The van der Waals surface area contributed by atoms with Gasteiger partial charge in [0.1, 0.15) is 11.5 Å². The number of anilines is 6. The zero-order valence-electron chi connectivity index (χ0n) is 30.5. The van der Waals surface area contributed by atoms with Crippen LogP contribution >= 0.6 is 0 Å². The molecule has 2 heterocycles. The van der Waals surface area contributed by atoms with Crippen LogP contribution in [0.3, 0.4) is 0 Å². The minimum atomic E-state index is -0.616. The fraction of sp³-hybridized carbons (Fsp3) is 0.0455. The lowest BCUT2D eigenvalue weighted by Crippen LogP contribution is -2.29. The number of ether oxygens (including phenoxy) is 1. The number of carbonyl (C=O) groups is 6. The van der Waals surface area contributed by atoms with E-state index in [4.69, 9.17) is 4.74 Å². The molecule has 13 nitrogen and oxygen atoms in total. The number of nitrogens with one attached hydrogen (secondary N) is 4. The molecule has 0 saturated heterocycles. The maximum atomic E-state index is 13.8. The molecule has 0 bridgehead atoms. The van der Waals surface area contributed by atoms with E-state index in [1.165, 1.54) is 54.6 Å². The summed E-state index contributed by atoms with van der Waals surface area (Å²) in [4.78, 5) is 82.0. The lowest BCUT2D eigenvalue weighted by atomic mass is 10.1. The van der Waals surface area contributed by atoms with E-state index in [2.05, 4.69) is 21.3 Å². The average Bonchev–Trinajstić information content (AvgIpc) is 3.65. The summed E-state index contributed by atoms with van der Waals surface area (Å²) in [5.74, 6) is -2.74. The summed E-state index contributed by atoms with van der Waals surface area (Å²) in [7, 11) is 3.58. The van der Waals surface area contributed by atoms with Crippen LogP contribution in [0.5, 0.6) is 11.5 Å². The second kappa shape index (κ2) is 14.6. The maximum Gasteiger partial charge on any atom is 0.269 e. The second-order valence-corrected chi connectivity index (χ2v) is 13.0. The molecule has 6 aromatic rings. The van der Waals surface area contributed by atoms with E-state index in [9.17, 15) is 28.8 Å². The van der Waals surface area contributed by atoms with Crippen LogP contribution in [0.25, 0.3) is 0 Å². The van der Waals surface area contributed by atoms with Gasteiger partial charge in [-0.05, 0) is 127 Å². The van der Waals surface area contributed by atoms with Gasteiger partial charge in [-0.15, -0.1) is 0 Å². The van der Waals surface area contributed by atoms with E-state index >= 15 is 0 Å². The molecule has 6 aromatic carbocycles. The molecule has 280 valence electrons. The number of benzene rings is 6. The summed E-state index contributed by atoms with van der Waals surface area (Å²) in [5.41, 5.74) is 4.61. The molecule has 4 N–H and O–H groups in total. The van der Waals surface area contributed by atoms with Crippen LogP contribution in [0.2, 0.25) is 0 Å². The molecule has 57 heavy (non-hydrogen) atoms. The highest BCUT2D eigenvalue weighted by Gasteiger charge is 2.40. The van der Waals surface area contributed by atoms with Gasteiger partial charge in [0.15, 0.2) is 0 Å². The Hall–Kier alpha value is -8.06. The number of imide groups is 2. The third kappa shape index (κ3) is 6.69. The molecule has 0 saturated carbocycles. The zero-order valence-corrected chi connectivity index (χ0v) is 30.5. The highest BCUT2D eigenvalue weighted by molar-refractivity contribution is 6.36. The van der Waals surface area contributed by atoms with Crippen molar-refractivity contribution in [1.29, 1.82) is 0 Å². The lowest BCUT2D eigenvalue weighted by Gasteiger charge is -2.15. The van der Waals surface area contributed by atoms with E-state index in [1.807, 2.05) is 12.1 Å². The summed E-state index contributed by atoms with van der Waals surface area (Å²) >= 11 is 0. The molecule has 0 unspecified atom stereocenters. The number of amides is 6. The van der Waals surface area contributed by atoms with Crippen LogP contribution in [0.15, 0.2) is 133 Å². The van der Waals surface area contributed by atoms with Gasteiger partial charge in [-0.25, -0.2) is 9.80 Å². The van der Waals surface area contributed by atoms with E-state index in [-0.39, 0.29) is 51.3 Å². The molecular weight excluding hydrogens is 725 g/mol. The summed E-state index contributed by atoms with van der Waals surface area (Å²) < 4.78 is 6.12. The van der Waals surface area contributed by atoms with Crippen LogP contribution in [-0.2, 0) is 0 Å². The minimum absolute atomic E-state index is 0.0357. The highest BCUT2D eigenvalue weighted by atomic mass is 16.5. The summed E-state index contributed by atoms with van der Waals surface area (Å²) in [6.07, 6.45) is 0. The predicted molar refractivity (Wildman–Crippen MR) is 216 cm³/mol. The van der Waals surface area contributed by atoms with E-state index in [1.54, 1.807) is 80.8 Å². The Morgan fingerprint density at radius 3 is 1.51 bits per heavy atom. The van der Waals surface area contributed by atoms with Gasteiger partial charge in [-0.3, -0.25) is 28.8 Å². The van der Waals surface area contributed by atoms with Crippen molar-refractivity contribution in [3.05, 3.63) is 167 Å². The SMILES string of the molecule is CNc1ccc(NC(=O)c2ccc(N3C(=O)c4ccc(Oc5cccc6c5C(=O)N(c5ccc(NC(=O)c7ccc(NC)cc7)cc5)C6=O)cc4C3=O)cc2)cc1. The summed E-state index contributed by atoms with van der Waals surface area (Å²) in [5, 5.41) is 11.6. The van der Waals surface area contributed by atoms with Crippen molar-refractivity contribution in [1.82, 2.24) is 0 Å². The van der Waals surface area contributed by atoms with Gasteiger partial charge in [0.2, 0.25) is 0 Å². The topological polar surface area (TPSA) is 166 Å². The Morgan fingerprint density at radius 2 is 0.930 bits per heavy atom. The van der Waals surface area contributed by atoms with Crippen molar-refractivity contribution in [2.75, 3.05) is 45.2 Å². The van der Waals surface area contributed by atoms with Crippen LogP contribution in [0.1, 0.15) is 62.1 Å². The Kier molecular flexibility index (Phi) is 9.23. The number of carbonyl (C=O) groups excluding carboxylic acids is 6. The number of rotatable bonds is 10. The van der Waals surface area contributed by atoms with Crippen LogP contribution < -0.4 is 35.8 Å². The molecule has 2 aliphatic rings. The Bertz CT molecular complexity index is 2620. The van der Waals surface area contributed by atoms with Crippen molar-refractivity contribution >= 4 is 69.6 Å². The largest absolute Gasteiger partial charge is 0.456 e. The zero-order chi connectivity index (χ0) is 39.8. The standard InChI is InChI=1S/C44H32N6O7/c1-45-27-10-6-25(7-11-27)39(51)48-30-16-20-32(21-17-30)50-42(54)35-4-3-5-37(38(35)44(50)56)57-33-22-23-34-36(24-33)43(55)49(41(34)53)31-18-8-26(9-19-31)40(52)47-29-14-12-28(46-2)13-15-29/h3-24,45-46H,1-2H3,(H,47,52)(H,48,51). The number of fused-ring (bicyclic) bond motifs is 2. The number of hydrogen-bond acceptors (Lipinski definition) is 9. The van der Waals surface area contributed by atoms with Gasteiger partial charge in [-0.1, -0.05) is 6.07 Å². The molecule has 0 atom stereocenters. The van der Waals surface area contributed by atoms with E-state index in [0.717, 1.165) is 21.2 Å². The van der Waals surface area contributed by atoms with Crippen molar-refractivity contribution in [3.63, 3.8) is 0 Å². The first-order chi connectivity index (χ1) is 27.6. The molecule has 0 radical (unpaired) electrons. The summed E-state index contributed by atoms with van der Waals surface area (Å²) in [6.45, 7) is 0. The second-order valence-electron chi connectivity index (χ2n) is 13.0. The van der Waals surface area contributed by atoms with Crippen LogP contribution in [-0.4, -0.2) is 49.5 Å². The molecule has 0 fully saturated rings. The molecule has 0 aliphatic carbocycles. The Morgan fingerprint density at radius 1 is 0.474 bits per heavy atom. The first-order valence-electron chi connectivity index (χ1n) is 17.7. The predicted octanol–water partition coefficient (Wildman–Crippen LogP) is 7.67. The molecule has 0 spiro atoms. The van der Waals surface area contributed by atoms with E-state index < -0.39 is 23.6 Å². The van der Waals surface area contributed by atoms with Crippen molar-refractivity contribution < 1.29 is 33.5 Å². The van der Waals surface area contributed by atoms with Crippen molar-refractivity contribution in [2.45, 2.75) is 0 Å². The monoisotopic (exact) mass is 756 g/mol. The fourth-order valence-electron chi connectivity index (χ4n) is 6.59.